The number of oxazole rings is 1. The van der Waals surface area contributed by atoms with Crippen LogP contribution in [-0.2, 0) is 6.54 Å². The number of unbranched alkanes of at least 4 members (excludes halogenated alkanes) is 3. The molecule has 0 amide bonds. The molecule has 0 aromatic carbocycles. The molecule has 20 heavy (non-hydrogen) atoms. The molecule has 0 unspecified atom stereocenters. The summed E-state index contributed by atoms with van der Waals surface area (Å²) in [7, 11) is 1.77. The summed E-state index contributed by atoms with van der Waals surface area (Å²) < 4.78 is 5.51. The van der Waals surface area contributed by atoms with Crippen molar-refractivity contribution in [2.24, 2.45) is 4.99 Å². The van der Waals surface area contributed by atoms with Crippen molar-refractivity contribution in [3.05, 3.63) is 17.3 Å². The van der Waals surface area contributed by atoms with Crippen LogP contribution in [0.5, 0.6) is 0 Å². The molecule has 0 bridgehead atoms. The predicted octanol–water partition coefficient (Wildman–Crippen LogP) is 3.15. The maximum Gasteiger partial charge on any atom is 0.214 e. The van der Waals surface area contributed by atoms with E-state index in [0.29, 0.717) is 12.4 Å². The van der Waals surface area contributed by atoms with Gasteiger partial charge in [0.2, 0.25) is 5.89 Å². The van der Waals surface area contributed by atoms with Gasteiger partial charge in [-0.2, -0.15) is 0 Å². The van der Waals surface area contributed by atoms with Crippen LogP contribution in [0.4, 0.5) is 0 Å². The van der Waals surface area contributed by atoms with Gasteiger partial charge in [-0.25, -0.2) is 4.98 Å². The van der Waals surface area contributed by atoms with Gasteiger partial charge in [-0.1, -0.05) is 26.2 Å². The second kappa shape index (κ2) is 10.9. The molecule has 0 atom stereocenters. The molecule has 1 aromatic rings. The van der Waals surface area contributed by atoms with Gasteiger partial charge in [-0.3, -0.25) is 4.99 Å². The van der Waals surface area contributed by atoms with Crippen LogP contribution in [0, 0.1) is 13.8 Å². The molecule has 6 heteroatoms. The van der Waals surface area contributed by atoms with Gasteiger partial charge in [-0.15, -0.1) is 24.0 Å². The molecule has 1 heterocycles. The molecule has 0 saturated carbocycles. The first-order valence-corrected chi connectivity index (χ1v) is 7.04. The number of rotatable bonds is 7. The number of halogens is 1. The van der Waals surface area contributed by atoms with Crippen molar-refractivity contribution in [3.63, 3.8) is 0 Å². The average Bonchev–Trinajstić information content (AvgIpc) is 2.72. The summed E-state index contributed by atoms with van der Waals surface area (Å²) in [6.07, 6.45) is 4.99. The van der Waals surface area contributed by atoms with Crippen molar-refractivity contribution in [3.8, 4) is 0 Å². The van der Waals surface area contributed by atoms with E-state index in [4.69, 9.17) is 4.42 Å². The number of hydrogen-bond acceptors (Lipinski definition) is 3. The zero-order chi connectivity index (χ0) is 14.1. The highest BCUT2D eigenvalue weighted by Crippen LogP contribution is 2.07. The first-order valence-electron chi connectivity index (χ1n) is 7.04. The van der Waals surface area contributed by atoms with Gasteiger partial charge in [0.05, 0.1) is 12.2 Å². The normalized spacial score (nSPS) is 11.1. The summed E-state index contributed by atoms with van der Waals surface area (Å²) in [5.74, 6) is 2.37. The Labute approximate surface area is 139 Å². The Morgan fingerprint density at radius 1 is 1.20 bits per heavy atom. The van der Waals surface area contributed by atoms with Gasteiger partial charge in [0.25, 0.3) is 0 Å². The van der Waals surface area contributed by atoms with E-state index in [1.807, 2.05) is 13.8 Å². The second-order valence-corrected chi connectivity index (χ2v) is 4.66. The summed E-state index contributed by atoms with van der Waals surface area (Å²) in [6.45, 7) is 7.59. The Balaban J connectivity index is 0.00000361. The predicted molar refractivity (Wildman–Crippen MR) is 93.7 cm³/mol. The van der Waals surface area contributed by atoms with Gasteiger partial charge < -0.3 is 15.1 Å². The molecule has 0 spiro atoms. The van der Waals surface area contributed by atoms with E-state index in [1.165, 1.54) is 25.7 Å². The number of aryl methyl sites for hydroxylation is 2. The fourth-order valence-corrected chi connectivity index (χ4v) is 1.75. The molecule has 0 radical (unpaired) electrons. The first-order chi connectivity index (χ1) is 9.17. The number of aliphatic imine (C=N–C) groups is 1. The number of nitrogens with zero attached hydrogens (tertiary/aromatic N) is 2. The van der Waals surface area contributed by atoms with Crippen molar-refractivity contribution < 1.29 is 4.42 Å². The van der Waals surface area contributed by atoms with Gasteiger partial charge in [0.15, 0.2) is 5.96 Å². The van der Waals surface area contributed by atoms with Crippen LogP contribution in [0.2, 0.25) is 0 Å². The van der Waals surface area contributed by atoms with Gasteiger partial charge in [0, 0.05) is 13.6 Å². The standard InChI is InChI=1S/C14H26N4O.HI/c1-5-6-7-8-9-16-14(15-4)17-10-13-18-11(2)12(3)19-13;/h5-10H2,1-4H3,(H2,15,16,17);1H. The maximum absolute atomic E-state index is 5.51. The third-order valence-electron chi connectivity index (χ3n) is 3.03. The van der Waals surface area contributed by atoms with E-state index in [0.717, 1.165) is 24.0 Å². The van der Waals surface area contributed by atoms with Crippen LogP contribution >= 0.6 is 24.0 Å². The van der Waals surface area contributed by atoms with Crippen LogP contribution in [0.3, 0.4) is 0 Å². The molecule has 0 aliphatic rings. The maximum atomic E-state index is 5.51. The molecule has 116 valence electrons. The summed E-state index contributed by atoms with van der Waals surface area (Å²) in [6, 6.07) is 0. The minimum Gasteiger partial charge on any atom is -0.444 e. The number of nitrogens with one attached hydrogen (secondary N) is 2. The molecule has 1 aromatic heterocycles. The lowest BCUT2D eigenvalue weighted by molar-refractivity contribution is 0.463. The van der Waals surface area contributed by atoms with Crippen molar-refractivity contribution in [1.29, 1.82) is 0 Å². The van der Waals surface area contributed by atoms with Crippen LogP contribution < -0.4 is 10.6 Å². The molecular weight excluding hydrogens is 367 g/mol. The Hall–Kier alpha value is -0.790. The summed E-state index contributed by atoms with van der Waals surface area (Å²) in [4.78, 5) is 8.50. The van der Waals surface area contributed by atoms with Crippen molar-refractivity contribution in [2.45, 2.75) is 53.0 Å². The Morgan fingerprint density at radius 2 is 1.95 bits per heavy atom. The van der Waals surface area contributed by atoms with Crippen molar-refractivity contribution in [2.75, 3.05) is 13.6 Å². The van der Waals surface area contributed by atoms with Crippen molar-refractivity contribution >= 4 is 29.9 Å². The fraction of sp³-hybridized carbons (Fsp3) is 0.714. The first kappa shape index (κ1) is 19.2. The van der Waals surface area contributed by atoms with Gasteiger partial charge in [0.1, 0.15) is 5.76 Å². The number of guanidine groups is 1. The van der Waals surface area contributed by atoms with Crippen LogP contribution in [-0.4, -0.2) is 24.5 Å². The molecule has 2 N–H and O–H groups in total. The Morgan fingerprint density at radius 3 is 2.50 bits per heavy atom. The highest BCUT2D eigenvalue weighted by molar-refractivity contribution is 14.0. The highest BCUT2D eigenvalue weighted by atomic mass is 127. The Kier molecular flexibility index (Phi) is 10.5. The van der Waals surface area contributed by atoms with Gasteiger partial charge >= 0.3 is 0 Å². The van der Waals surface area contributed by atoms with E-state index in [1.54, 1.807) is 7.05 Å². The molecule has 0 fully saturated rings. The van der Waals surface area contributed by atoms with Crippen LogP contribution in [0.25, 0.3) is 0 Å². The largest absolute Gasteiger partial charge is 0.444 e. The van der Waals surface area contributed by atoms with E-state index in [-0.39, 0.29) is 24.0 Å². The third kappa shape index (κ3) is 7.12. The third-order valence-corrected chi connectivity index (χ3v) is 3.03. The molecule has 0 aliphatic heterocycles. The summed E-state index contributed by atoms with van der Waals surface area (Å²) in [5.41, 5.74) is 0.944. The zero-order valence-electron chi connectivity index (χ0n) is 13.0. The lowest BCUT2D eigenvalue weighted by Gasteiger charge is -2.10. The summed E-state index contributed by atoms with van der Waals surface area (Å²) >= 11 is 0. The second-order valence-electron chi connectivity index (χ2n) is 4.66. The zero-order valence-corrected chi connectivity index (χ0v) is 15.3. The Bertz CT molecular complexity index is 384. The molecule has 5 nitrogen and oxygen atoms in total. The number of hydrogen-bond donors (Lipinski definition) is 2. The quantitative estimate of drug-likeness (QED) is 0.323. The fourth-order valence-electron chi connectivity index (χ4n) is 1.75. The minimum atomic E-state index is 0. The van der Waals surface area contributed by atoms with Crippen LogP contribution in [0.15, 0.2) is 9.41 Å². The SMILES string of the molecule is CCCCCCNC(=NC)NCc1nc(C)c(C)o1.I. The highest BCUT2D eigenvalue weighted by Gasteiger charge is 2.05. The lowest BCUT2D eigenvalue weighted by Crippen LogP contribution is -2.37. The van der Waals surface area contributed by atoms with Crippen molar-refractivity contribution in [1.82, 2.24) is 15.6 Å². The minimum absolute atomic E-state index is 0. The molecular formula is C14H27IN4O. The van der Waals surface area contributed by atoms with Crippen LogP contribution in [0.1, 0.15) is 50.0 Å². The van der Waals surface area contributed by atoms with Gasteiger partial charge in [-0.05, 0) is 20.3 Å². The monoisotopic (exact) mass is 394 g/mol. The van der Waals surface area contributed by atoms with E-state index >= 15 is 0 Å². The molecule has 0 aliphatic carbocycles. The van der Waals surface area contributed by atoms with E-state index < -0.39 is 0 Å². The lowest BCUT2D eigenvalue weighted by atomic mass is 10.2. The molecule has 0 saturated heterocycles. The smallest absolute Gasteiger partial charge is 0.214 e. The molecule has 1 rings (SSSR count). The topological polar surface area (TPSA) is 62.5 Å². The summed E-state index contributed by atoms with van der Waals surface area (Å²) in [5, 5.41) is 6.49. The average molecular weight is 394 g/mol. The number of aromatic nitrogens is 1. The van der Waals surface area contributed by atoms with E-state index in [9.17, 15) is 0 Å². The van der Waals surface area contributed by atoms with E-state index in [2.05, 4.69) is 27.5 Å².